The van der Waals surface area contributed by atoms with E-state index in [0.29, 0.717) is 18.7 Å². The molecule has 0 amide bonds. The van der Waals surface area contributed by atoms with Gasteiger partial charge in [0.15, 0.2) is 0 Å². The van der Waals surface area contributed by atoms with E-state index in [2.05, 4.69) is 27.4 Å². The molecule has 1 fully saturated rings. The quantitative estimate of drug-likeness (QED) is 0.198. The van der Waals surface area contributed by atoms with Crippen LogP contribution in [-0.2, 0) is 17.8 Å². The normalized spacial score (nSPS) is 15.3. The second kappa shape index (κ2) is 12.1. The van der Waals surface area contributed by atoms with Crippen molar-refractivity contribution < 1.29 is 9.13 Å². The number of hydrogen-bond donors (Lipinski definition) is 1. The third kappa shape index (κ3) is 6.21. The number of morpholine rings is 1. The van der Waals surface area contributed by atoms with Crippen molar-refractivity contribution in [1.29, 1.82) is 0 Å². The van der Waals surface area contributed by atoms with Crippen molar-refractivity contribution >= 4 is 40.0 Å². The lowest BCUT2D eigenvalue weighted by atomic mass is 10.1. The number of ether oxygens (including phenoxy) is 1. The molecule has 0 saturated carbocycles. The first-order chi connectivity index (χ1) is 17.7. The number of benzene rings is 3. The van der Waals surface area contributed by atoms with E-state index < -0.39 is 0 Å². The molecule has 1 saturated heterocycles. The zero-order valence-electron chi connectivity index (χ0n) is 20.1. The average Bonchev–Trinajstić information content (AvgIpc) is 3.32. The molecule has 8 heteroatoms. The molecule has 4 aromatic rings. The molecule has 0 bridgehead atoms. The maximum atomic E-state index is 14.2. The molecule has 5 rings (SSSR count). The molecular formula is C28H30ClFN4OS. The van der Waals surface area contributed by atoms with Crippen LogP contribution in [0.25, 0.3) is 10.9 Å². The Kier molecular flexibility index (Phi) is 8.43. The van der Waals surface area contributed by atoms with E-state index in [4.69, 9.17) is 16.3 Å². The summed E-state index contributed by atoms with van der Waals surface area (Å²) in [5.74, 6) is 0.773. The fraction of sp³-hybridized carbons (Fsp3) is 0.321. The van der Waals surface area contributed by atoms with Crippen molar-refractivity contribution in [2.75, 3.05) is 43.9 Å². The first kappa shape index (κ1) is 25.1. The number of nitrogens with one attached hydrogen (secondary N) is 1. The zero-order chi connectivity index (χ0) is 24.7. The van der Waals surface area contributed by atoms with Gasteiger partial charge in [-0.15, -0.1) is 23.4 Å². The molecule has 5 nitrogen and oxygen atoms in total. The lowest BCUT2D eigenvalue weighted by Crippen LogP contribution is -2.37. The molecular weight excluding hydrogens is 495 g/mol. The molecule has 1 atom stereocenters. The highest BCUT2D eigenvalue weighted by Gasteiger charge is 2.16. The van der Waals surface area contributed by atoms with Crippen LogP contribution in [0.2, 0.25) is 0 Å². The van der Waals surface area contributed by atoms with Gasteiger partial charge in [-0.3, -0.25) is 9.58 Å². The molecule has 0 radical (unpaired) electrons. The average molecular weight is 525 g/mol. The highest BCUT2D eigenvalue weighted by Crippen LogP contribution is 2.33. The fourth-order valence-corrected chi connectivity index (χ4v) is 5.65. The smallest absolute Gasteiger partial charge is 0.128 e. The van der Waals surface area contributed by atoms with Gasteiger partial charge >= 0.3 is 0 Å². The van der Waals surface area contributed by atoms with Crippen molar-refractivity contribution in [3.05, 3.63) is 89.9 Å². The summed E-state index contributed by atoms with van der Waals surface area (Å²) in [5, 5.41) is 8.94. The van der Waals surface area contributed by atoms with Gasteiger partial charge in [-0.1, -0.05) is 48.5 Å². The van der Waals surface area contributed by atoms with Crippen molar-refractivity contribution in [1.82, 2.24) is 14.7 Å². The lowest BCUT2D eigenvalue weighted by molar-refractivity contribution is 0.0410. The number of thioether (sulfide) groups is 1. The Labute approximate surface area is 220 Å². The number of aromatic nitrogens is 2. The minimum atomic E-state index is -0.208. The lowest BCUT2D eigenvalue weighted by Gasteiger charge is -2.26. The Hall–Kier alpha value is -2.58. The molecule has 2 heterocycles. The Bertz CT molecular complexity index is 1280. The van der Waals surface area contributed by atoms with Crippen LogP contribution in [-0.4, -0.2) is 53.3 Å². The summed E-state index contributed by atoms with van der Waals surface area (Å²) in [7, 11) is 0. The molecule has 0 spiro atoms. The summed E-state index contributed by atoms with van der Waals surface area (Å²) in [5.41, 5.74) is 3.66. The number of halogens is 2. The Morgan fingerprint density at radius 1 is 1.06 bits per heavy atom. The van der Waals surface area contributed by atoms with Gasteiger partial charge in [-0.25, -0.2) is 4.39 Å². The second-order valence-corrected chi connectivity index (χ2v) is 10.6. The summed E-state index contributed by atoms with van der Waals surface area (Å²) in [4.78, 5) is 3.59. The van der Waals surface area contributed by atoms with E-state index in [-0.39, 0.29) is 11.2 Å². The fourth-order valence-electron chi connectivity index (χ4n) is 4.39. The summed E-state index contributed by atoms with van der Waals surface area (Å²) in [6.07, 6.45) is 1.87. The van der Waals surface area contributed by atoms with Gasteiger partial charge in [0.05, 0.1) is 36.8 Å². The molecule has 36 heavy (non-hydrogen) atoms. The van der Waals surface area contributed by atoms with Gasteiger partial charge in [-0.2, -0.15) is 5.10 Å². The number of fused-ring (bicyclic) bond motifs is 1. The predicted octanol–water partition coefficient (Wildman–Crippen LogP) is 6.19. The Balaban J connectivity index is 1.38. The SMILES string of the molecule is Fc1ccccc1CNc1cc(SCCN2CCOCC2)cc2c1cnn2CC(Cl)c1ccccc1. The molecule has 1 N–H and O–H groups in total. The topological polar surface area (TPSA) is 42.3 Å². The van der Waals surface area contributed by atoms with Gasteiger partial charge in [-0.05, 0) is 23.8 Å². The van der Waals surface area contributed by atoms with Crippen molar-refractivity contribution in [2.24, 2.45) is 0 Å². The number of rotatable bonds is 10. The largest absolute Gasteiger partial charge is 0.380 e. The van der Waals surface area contributed by atoms with E-state index in [1.807, 2.05) is 65.1 Å². The van der Waals surface area contributed by atoms with Gasteiger partial charge in [0.25, 0.3) is 0 Å². The van der Waals surface area contributed by atoms with Crippen LogP contribution < -0.4 is 5.32 Å². The molecule has 1 aromatic heterocycles. The van der Waals surface area contributed by atoms with E-state index in [1.165, 1.54) is 6.07 Å². The van der Waals surface area contributed by atoms with Crippen LogP contribution in [0.5, 0.6) is 0 Å². The van der Waals surface area contributed by atoms with Gasteiger partial charge in [0, 0.05) is 53.5 Å². The monoisotopic (exact) mass is 524 g/mol. The third-order valence-corrected chi connectivity index (χ3v) is 7.78. The summed E-state index contributed by atoms with van der Waals surface area (Å²) < 4.78 is 21.7. The van der Waals surface area contributed by atoms with Crippen LogP contribution in [0, 0.1) is 5.82 Å². The van der Waals surface area contributed by atoms with Crippen LogP contribution in [0.4, 0.5) is 10.1 Å². The first-order valence-electron chi connectivity index (χ1n) is 12.3. The van der Waals surface area contributed by atoms with E-state index in [1.54, 1.807) is 6.07 Å². The molecule has 1 unspecified atom stereocenters. The van der Waals surface area contributed by atoms with E-state index >= 15 is 0 Å². The summed E-state index contributed by atoms with van der Waals surface area (Å²) in [6.45, 7) is 5.56. The van der Waals surface area contributed by atoms with Gasteiger partial charge < -0.3 is 10.1 Å². The predicted molar refractivity (Wildman–Crippen MR) is 146 cm³/mol. The van der Waals surface area contributed by atoms with Crippen LogP contribution in [0.3, 0.4) is 0 Å². The van der Waals surface area contributed by atoms with Crippen molar-refractivity contribution in [3.63, 3.8) is 0 Å². The van der Waals surface area contributed by atoms with Gasteiger partial charge in [0.2, 0.25) is 0 Å². The van der Waals surface area contributed by atoms with Crippen LogP contribution in [0.15, 0.2) is 77.8 Å². The van der Waals surface area contributed by atoms with Gasteiger partial charge in [0.1, 0.15) is 5.82 Å². The minimum absolute atomic E-state index is 0.193. The number of nitrogens with zero attached hydrogens (tertiary/aromatic N) is 3. The summed E-state index contributed by atoms with van der Waals surface area (Å²) >= 11 is 8.59. The zero-order valence-corrected chi connectivity index (χ0v) is 21.6. The van der Waals surface area contributed by atoms with E-state index in [9.17, 15) is 4.39 Å². The van der Waals surface area contributed by atoms with Crippen LogP contribution in [0.1, 0.15) is 16.5 Å². The first-order valence-corrected chi connectivity index (χ1v) is 13.7. The molecule has 3 aromatic carbocycles. The highest BCUT2D eigenvalue weighted by molar-refractivity contribution is 7.99. The highest BCUT2D eigenvalue weighted by atomic mass is 35.5. The molecule has 0 aliphatic carbocycles. The maximum absolute atomic E-state index is 14.2. The van der Waals surface area contributed by atoms with Crippen LogP contribution >= 0.6 is 23.4 Å². The van der Waals surface area contributed by atoms with Crippen molar-refractivity contribution in [2.45, 2.75) is 23.4 Å². The maximum Gasteiger partial charge on any atom is 0.128 e. The number of alkyl halides is 1. The number of anilines is 1. The Morgan fingerprint density at radius 2 is 1.83 bits per heavy atom. The third-order valence-electron chi connectivity index (χ3n) is 6.44. The molecule has 188 valence electrons. The molecule has 1 aliphatic heterocycles. The summed E-state index contributed by atoms with van der Waals surface area (Å²) in [6, 6.07) is 21.3. The molecule has 1 aliphatic rings. The Morgan fingerprint density at radius 3 is 2.64 bits per heavy atom. The number of hydrogen-bond acceptors (Lipinski definition) is 5. The van der Waals surface area contributed by atoms with E-state index in [0.717, 1.165) is 65.7 Å². The second-order valence-electron chi connectivity index (χ2n) is 8.86. The minimum Gasteiger partial charge on any atom is -0.380 e. The van der Waals surface area contributed by atoms with Crippen molar-refractivity contribution in [3.8, 4) is 0 Å². The standard InChI is InChI=1S/C28H30ClFN4OS/c29-25(21-6-2-1-3-7-21)20-34-28-17-23(36-15-12-33-10-13-35-14-11-33)16-27(24(28)19-32-34)31-18-22-8-4-5-9-26(22)30/h1-9,16-17,19,25,31H,10-15,18,20H2.